The number of nitrogens with zero attached hydrogens (tertiary/aromatic N) is 4. The van der Waals surface area contributed by atoms with E-state index in [-0.39, 0.29) is 5.83 Å². The van der Waals surface area contributed by atoms with E-state index in [0.717, 1.165) is 74.9 Å². The minimum atomic E-state index is -0.0488. The molecular formula is C32H43FN6OS3. The second-order valence-corrected chi connectivity index (χ2v) is 12.2. The molecule has 0 amide bonds. The Morgan fingerprint density at radius 1 is 0.953 bits per heavy atom. The Balaban J connectivity index is 0.000000216. The van der Waals surface area contributed by atoms with Gasteiger partial charge in [0.05, 0.1) is 46.3 Å². The fraction of sp³-hybridized carbons (Fsp3) is 0.438. The van der Waals surface area contributed by atoms with Gasteiger partial charge in [-0.1, -0.05) is 58.9 Å². The summed E-state index contributed by atoms with van der Waals surface area (Å²) >= 11 is 4.91. The van der Waals surface area contributed by atoms with Crippen LogP contribution in [-0.4, -0.2) is 40.1 Å². The molecule has 4 aromatic rings. The van der Waals surface area contributed by atoms with Crippen LogP contribution >= 0.6 is 34.4 Å². The Morgan fingerprint density at radius 2 is 1.65 bits per heavy atom. The highest BCUT2D eigenvalue weighted by atomic mass is 32.2. The lowest BCUT2D eigenvalue weighted by molar-refractivity contribution is 0.244. The van der Waals surface area contributed by atoms with Crippen LogP contribution in [0.1, 0.15) is 69.9 Å². The number of aromatic nitrogens is 4. The second kappa shape index (κ2) is 17.9. The van der Waals surface area contributed by atoms with Gasteiger partial charge in [-0.15, -0.1) is 32.9 Å². The maximum Gasteiger partial charge on any atom is 0.115 e. The van der Waals surface area contributed by atoms with Crippen LogP contribution in [0.25, 0.3) is 20.4 Å². The van der Waals surface area contributed by atoms with Gasteiger partial charge in [0.25, 0.3) is 0 Å². The molecule has 0 saturated carbocycles. The molecule has 0 atom stereocenters. The number of allylic oxidation sites excluding steroid dienone is 2. The van der Waals surface area contributed by atoms with E-state index in [2.05, 4.69) is 63.3 Å². The van der Waals surface area contributed by atoms with E-state index in [4.69, 9.17) is 4.74 Å². The van der Waals surface area contributed by atoms with E-state index in [9.17, 15) is 4.39 Å². The monoisotopic (exact) mass is 642 g/mol. The molecule has 0 saturated heterocycles. The second-order valence-electron chi connectivity index (χ2n) is 9.23. The van der Waals surface area contributed by atoms with Crippen LogP contribution in [0.2, 0.25) is 0 Å². The third kappa shape index (κ3) is 9.00. The predicted octanol–water partition coefficient (Wildman–Crippen LogP) is 9.96. The molecule has 0 bridgehead atoms. The van der Waals surface area contributed by atoms with Gasteiger partial charge in [-0.05, 0) is 48.3 Å². The molecule has 0 radical (unpaired) electrons. The summed E-state index contributed by atoms with van der Waals surface area (Å²) in [7, 11) is 0. The van der Waals surface area contributed by atoms with Crippen LogP contribution < -0.4 is 10.6 Å². The standard InChI is InChI=1S/C16H18FN3S2.C12H13N3OS.2C2H6/c1-3-5-13-10(2)15-16(22-13)12(8-19-20-15)18-9-14-11(17)6-4-7-21-14;1-8-7-17-12-10(6-14-15-11(8)12)13-5-9-3-2-4-16-9;2*1-2/h4,7-8H,3,5-6,9H2,1-2H3,(H,18,20);3,6-7H,2,4-5H2,1H3,(H,13,15);2*1-2H3. The number of thiophene rings is 2. The maximum absolute atomic E-state index is 13.8. The van der Waals surface area contributed by atoms with Gasteiger partial charge < -0.3 is 15.4 Å². The van der Waals surface area contributed by atoms with Crippen molar-refractivity contribution >= 4 is 66.2 Å². The summed E-state index contributed by atoms with van der Waals surface area (Å²) in [5.74, 6) is 0.968. The van der Waals surface area contributed by atoms with Crippen LogP contribution in [0.15, 0.2) is 51.8 Å². The fourth-order valence-corrected chi connectivity index (χ4v) is 7.30. The number of aryl methyl sites for hydroxylation is 3. The first-order valence-corrected chi connectivity index (χ1v) is 17.5. The Bertz CT molecular complexity index is 1560. The Kier molecular flexibility index (Phi) is 14.4. The van der Waals surface area contributed by atoms with Crippen molar-refractivity contribution in [3.8, 4) is 0 Å². The average Bonchev–Trinajstić information content (AvgIpc) is 3.79. The van der Waals surface area contributed by atoms with Crippen LogP contribution in [0, 0.1) is 13.8 Å². The van der Waals surface area contributed by atoms with Gasteiger partial charge in [0.1, 0.15) is 22.6 Å². The number of hydrogen-bond donors (Lipinski definition) is 2. The number of nitrogens with one attached hydrogen (secondary N) is 2. The molecule has 2 aliphatic rings. The summed E-state index contributed by atoms with van der Waals surface area (Å²) in [6, 6.07) is 0. The van der Waals surface area contributed by atoms with Gasteiger partial charge in [-0.2, -0.15) is 10.2 Å². The van der Waals surface area contributed by atoms with Crippen LogP contribution in [0.4, 0.5) is 15.8 Å². The molecule has 0 spiro atoms. The third-order valence-corrected chi connectivity index (χ3v) is 9.86. The first-order chi connectivity index (χ1) is 21.0. The molecule has 0 fully saturated rings. The molecule has 11 heteroatoms. The molecule has 2 N–H and O–H groups in total. The molecule has 4 aromatic heterocycles. The van der Waals surface area contributed by atoms with Crippen LogP contribution in [-0.2, 0) is 11.2 Å². The summed E-state index contributed by atoms with van der Waals surface area (Å²) in [5.41, 5.74) is 6.32. The zero-order valence-electron chi connectivity index (χ0n) is 26.2. The maximum atomic E-state index is 13.8. The highest BCUT2D eigenvalue weighted by Gasteiger charge is 2.15. The number of hydrogen-bond acceptors (Lipinski definition) is 10. The van der Waals surface area contributed by atoms with Crippen molar-refractivity contribution < 1.29 is 9.13 Å². The third-order valence-electron chi connectivity index (χ3n) is 6.39. The number of thioether (sulfide) groups is 1. The van der Waals surface area contributed by atoms with E-state index in [1.165, 1.54) is 27.8 Å². The van der Waals surface area contributed by atoms with E-state index in [1.54, 1.807) is 35.1 Å². The van der Waals surface area contributed by atoms with Gasteiger partial charge in [-0.25, -0.2) is 4.39 Å². The minimum Gasteiger partial charge on any atom is -0.496 e. The summed E-state index contributed by atoms with van der Waals surface area (Å²) in [5, 5.41) is 27.3. The lowest BCUT2D eigenvalue weighted by atomic mass is 10.2. The molecule has 232 valence electrons. The van der Waals surface area contributed by atoms with Crippen molar-refractivity contribution in [2.45, 2.75) is 74.1 Å². The zero-order chi connectivity index (χ0) is 31.2. The lowest BCUT2D eigenvalue weighted by Crippen LogP contribution is -2.05. The number of anilines is 2. The van der Waals surface area contributed by atoms with E-state index in [1.807, 2.05) is 39.2 Å². The first-order valence-electron chi connectivity index (χ1n) is 15.0. The number of rotatable bonds is 8. The minimum absolute atomic E-state index is 0.0488. The average molecular weight is 643 g/mol. The van der Waals surface area contributed by atoms with Crippen LogP contribution in [0.5, 0.6) is 0 Å². The van der Waals surface area contributed by atoms with Crippen molar-refractivity contribution in [1.29, 1.82) is 0 Å². The molecule has 0 aromatic carbocycles. The highest BCUT2D eigenvalue weighted by Crippen LogP contribution is 2.36. The van der Waals surface area contributed by atoms with Crippen molar-refractivity contribution in [2.75, 3.05) is 30.3 Å². The topological polar surface area (TPSA) is 84.9 Å². The fourth-order valence-electron chi connectivity index (χ4n) is 4.28. The quantitative estimate of drug-likeness (QED) is 0.196. The largest absolute Gasteiger partial charge is 0.496 e. The van der Waals surface area contributed by atoms with Crippen LogP contribution in [0.3, 0.4) is 0 Å². The summed E-state index contributed by atoms with van der Waals surface area (Å²) in [4.78, 5) is 2.11. The Labute approximate surface area is 267 Å². The van der Waals surface area contributed by atoms with Gasteiger partial charge in [0.2, 0.25) is 0 Å². The summed E-state index contributed by atoms with van der Waals surface area (Å²) < 4.78 is 21.5. The number of fused-ring (bicyclic) bond motifs is 2. The molecule has 2 aliphatic heterocycles. The molecule has 0 unspecified atom stereocenters. The van der Waals surface area contributed by atoms with E-state index < -0.39 is 0 Å². The Morgan fingerprint density at radius 3 is 2.33 bits per heavy atom. The number of ether oxygens (including phenoxy) is 1. The summed E-state index contributed by atoms with van der Waals surface area (Å²) in [6.45, 7) is 16.3. The van der Waals surface area contributed by atoms with E-state index in [0.29, 0.717) is 13.0 Å². The zero-order valence-corrected chi connectivity index (χ0v) is 28.7. The van der Waals surface area contributed by atoms with Gasteiger partial charge in [-0.3, -0.25) is 0 Å². The first kappa shape index (κ1) is 34.5. The molecular weight excluding hydrogens is 600 g/mol. The molecule has 6 heterocycles. The molecule has 43 heavy (non-hydrogen) atoms. The summed E-state index contributed by atoms with van der Waals surface area (Å²) in [6.07, 6.45) is 11.1. The normalized spacial score (nSPS) is 13.7. The van der Waals surface area contributed by atoms with Crippen molar-refractivity contribution in [1.82, 2.24) is 20.4 Å². The SMILES string of the molecule is CC.CC.CCCc1sc2c(NCC3=C(F)CC=CS3)cnnc2c1C.Cc1csc2c(NCC3=CCCO3)cnnc12. The Hall–Kier alpha value is -3.02. The molecule has 6 rings (SSSR count). The van der Waals surface area contributed by atoms with Gasteiger partial charge in [0.15, 0.2) is 0 Å². The lowest BCUT2D eigenvalue weighted by Gasteiger charge is -2.12. The molecule has 7 nitrogen and oxygen atoms in total. The van der Waals surface area contributed by atoms with E-state index >= 15 is 0 Å². The number of halogens is 1. The van der Waals surface area contributed by atoms with Gasteiger partial charge in [0, 0.05) is 29.2 Å². The molecule has 0 aliphatic carbocycles. The van der Waals surface area contributed by atoms with Gasteiger partial charge >= 0.3 is 0 Å². The van der Waals surface area contributed by atoms with Crippen molar-refractivity contribution in [3.05, 3.63) is 67.8 Å². The van der Waals surface area contributed by atoms with Crippen molar-refractivity contribution in [2.24, 2.45) is 0 Å². The van der Waals surface area contributed by atoms with Crippen molar-refractivity contribution in [3.63, 3.8) is 0 Å². The smallest absolute Gasteiger partial charge is 0.115 e. The predicted molar refractivity (Wildman–Crippen MR) is 186 cm³/mol. The highest BCUT2D eigenvalue weighted by molar-refractivity contribution is 8.05.